The van der Waals surface area contributed by atoms with Gasteiger partial charge in [-0.2, -0.15) is 0 Å². The van der Waals surface area contributed by atoms with Crippen LogP contribution in [0.25, 0.3) is 0 Å². The van der Waals surface area contributed by atoms with Crippen LogP contribution in [0, 0.1) is 0 Å². The fraction of sp³-hybridized carbons (Fsp3) is 0.286. The Balaban J connectivity index is 2.42. The van der Waals surface area contributed by atoms with Crippen molar-refractivity contribution < 1.29 is 14.3 Å². The van der Waals surface area contributed by atoms with Gasteiger partial charge in [0.15, 0.2) is 0 Å². The highest BCUT2D eigenvalue weighted by Crippen LogP contribution is 2.02. The number of hydrogen-bond acceptors (Lipinski definition) is 5. The van der Waals surface area contributed by atoms with Gasteiger partial charge in [0.1, 0.15) is 0 Å². The van der Waals surface area contributed by atoms with E-state index < -0.39 is 11.9 Å². The lowest BCUT2D eigenvalue weighted by molar-refractivity contribution is -0.157. The van der Waals surface area contributed by atoms with Crippen LogP contribution in [0.3, 0.4) is 0 Å². The highest BCUT2D eigenvalue weighted by molar-refractivity contribution is 7.07. The van der Waals surface area contributed by atoms with E-state index in [-0.39, 0.29) is 6.42 Å². The molecule has 0 N–H and O–H groups in total. The van der Waals surface area contributed by atoms with Gasteiger partial charge in [-0.15, -0.1) is 11.3 Å². The molecule has 0 amide bonds. The first-order chi connectivity index (χ1) is 5.68. The number of ether oxygens (including phenoxy) is 1. The SMILES string of the molecule is CC(=O)OC(=O)Cc1cscn1. The molecule has 0 saturated carbocycles. The summed E-state index contributed by atoms with van der Waals surface area (Å²) >= 11 is 1.40. The molecule has 1 aromatic heterocycles. The molecule has 0 aromatic carbocycles. The lowest BCUT2D eigenvalue weighted by atomic mass is 10.3. The number of thiazole rings is 1. The minimum absolute atomic E-state index is 0.0586. The first-order valence-electron chi connectivity index (χ1n) is 3.27. The van der Waals surface area contributed by atoms with Crippen molar-refractivity contribution in [1.29, 1.82) is 0 Å². The summed E-state index contributed by atoms with van der Waals surface area (Å²) in [6.45, 7) is 1.19. The van der Waals surface area contributed by atoms with E-state index in [1.807, 2.05) is 0 Å². The number of hydrogen-bond donors (Lipinski definition) is 0. The van der Waals surface area contributed by atoms with Gasteiger partial charge >= 0.3 is 11.9 Å². The first-order valence-corrected chi connectivity index (χ1v) is 4.21. The summed E-state index contributed by atoms with van der Waals surface area (Å²) in [5.74, 6) is -1.15. The quantitative estimate of drug-likeness (QED) is 0.504. The third kappa shape index (κ3) is 2.79. The van der Waals surface area contributed by atoms with Crippen LogP contribution in [-0.2, 0) is 20.7 Å². The maximum absolute atomic E-state index is 10.8. The summed E-state index contributed by atoms with van der Waals surface area (Å²) in [5, 5.41) is 1.74. The Morgan fingerprint density at radius 3 is 2.92 bits per heavy atom. The smallest absolute Gasteiger partial charge is 0.319 e. The molecule has 0 unspecified atom stereocenters. The number of carbonyl (C=O) groups is 2. The molecular formula is C7H7NO3S. The second-order valence-corrected chi connectivity index (χ2v) is 2.84. The molecule has 0 saturated heterocycles. The molecule has 4 nitrogen and oxygen atoms in total. The van der Waals surface area contributed by atoms with Crippen molar-refractivity contribution >= 4 is 23.3 Å². The van der Waals surface area contributed by atoms with Crippen molar-refractivity contribution in [3.63, 3.8) is 0 Å². The zero-order chi connectivity index (χ0) is 8.97. The number of carbonyl (C=O) groups excluding carboxylic acids is 2. The molecule has 0 aliphatic heterocycles. The normalized spacial score (nSPS) is 9.42. The lowest BCUT2D eigenvalue weighted by Crippen LogP contribution is -2.11. The van der Waals surface area contributed by atoms with Gasteiger partial charge in [-0.25, -0.2) is 4.98 Å². The molecule has 0 fully saturated rings. The Morgan fingerprint density at radius 1 is 1.67 bits per heavy atom. The Bertz CT molecular complexity index is 281. The lowest BCUT2D eigenvalue weighted by Gasteiger charge is -1.95. The molecular weight excluding hydrogens is 178 g/mol. The molecule has 64 valence electrons. The second kappa shape index (κ2) is 3.96. The number of rotatable bonds is 2. The van der Waals surface area contributed by atoms with Gasteiger partial charge in [0, 0.05) is 12.3 Å². The zero-order valence-electron chi connectivity index (χ0n) is 6.44. The van der Waals surface area contributed by atoms with E-state index in [0.29, 0.717) is 5.69 Å². The predicted molar refractivity (Wildman–Crippen MR) is 42.6 cm³/mol. The van der Waals surface area contributed by atoms with Gasteiger partial charge in [-0.3, -0.25) is 9.59 Å². The Hall–Kier alpha value is -1.23. The van der Waals surface area contributed by atoms with Crippen LogP contribution in [-0.4, -0.2) is 16.9 Å². The average molecular weight is 185 g/mol. The summed E-state index contributed by atoms with van der Waals surface area (Å²) in [6, 6.07) is 0. The maximum Gasteiger partial charge on any atom is 0.319 e. The predicted octanol–water partition coefficient (Wildman–Crippen LogP) is 0.775. The summed E-state index contributed by atoms with van der Waals surface area (Å²) < 4.78 is 4.31. The number of nitrogens with zero attached hydrogens (tertiary/aromatic N) is 1. The fourth-order valence-corrected chi connectivity index (χ4v) is 1.23. The minimum Gasteiger partial charge on any atom is -0.393 e. The summed E-state index contributed by atoms with van der Waals surface area (Å²) in [4.78, 5) is 25.0. The molecule has 0 bridgehead atoms. The van der Waals surface area contributed by atoms with E-state index in [1.54, 1.807) is 10.9 Å². The molecule has 0 radical (unpaired) electrons. The van der Waals surface area contributed by atoms with Crippen LogP contribution >= 0.6 is 11.3 Å². The molecule has 5 heteroatoms. The molecule has 12 heavy (non-hydrogen) atoms. The van der Waals surface area contributed by atoms with Crippen LogP contribution in [0.1, 0.15) is 12.6 Å². The Morgan fingerprint density at radius 2 is 2.42 bits per heavy atom. The summed E-state index contributed by atoms with van der Waals surface area (Å²) in [6.07, 6.45) is 0.0586. The van der Waals surface area contributed by atoms with Gasteiger partial charge in [0.25, 0.3) is 0 Å². The topological polar surface area (TPSA) is 56.3 Å². The second-order valence-electron chi connectivity index (χ2n) is 2.12. The maximum atomic E-state index is 10.8. The first kappa shape index (κ1) is 8.86. The van der Waals surface area contributed by atoms with E-state index >= 15 is 0 Å². The van der Waals surface area contributed by atoms with E-state index in [4.69, 9.17) is 0 Å². The zero-order valence-corrected chi connectivity index (χ0v) is 7.26. The van der Waals surface area contributed by atoms with Crippen LogP contribution < -0.4 is 0 Å². The highest BCUT2D eigenvalue weighted by Gasteiger charge is 2.07. The van der Waals surface area contributed by atoms with Crippen LogP contribution in [0.5, 0.6) is 0 Å². The minimum atomic E-state index is -0.588. The fourth-order valence-electron chi connectivity index (χ4n) is 0.669. The Labute approximate surface area is 73.2 Å². The summed E-state index contributed by atoms with van der Waals surface area (Å²) in [5.41, 5.74) is 2.25. The molecule has 1 aromatic rings. The van der Waals surface area contributed by atoms with Crippen molar-refractivity contribution in [2.45, 2.75) is 13.3 Å². The van der Waals surface area contributed by atoms with Crippen molar-refractivity contribution in [1.82, 2.24) is 4.98 Å². The van der Waals surface area contributed by atoms with Crippen molar-refractivity contribution in [3.8, 4) is 0 Å². The van der Waals surface area contributed by atoms with Crippen LogP contribution in [0.4, 0.5) is 0 Å². The monoisotopic (exact) mass is 185 g/mol. The van der Waals surface area contributed by atoms with Crippen molar-refractivity contribution in [2.24, 2.45) is 0 Å². The number of aromatic nitrogens is 1. The number of esters is 2. The molecule has 1 heterocycles. The van der Waals surface area contributed by atoms with Crippen molar-refractivity contribution in [2.75, 3.05) is 0 Å². The average Bonchev–Trinajstić information content (AvgIpc) is 2.37. The van der Waals surface area contributed by atoms with Crippen LogP contribution in [0.2, 0.25) is 0 Å². The third-order valence-electron chi connectivity index (χ3n) is 1.07. The standard InChI is InChI=1S/C7H7NO3S/c1-5(9)11-7(10)2-6-3-12-4-8-6/h3-4H,2H2,1H3. The largest absolute Gasteiger partial charge is 0.393 e. The van der Waals surface area contributed by atoms with Crippen molar-refractivity contribution in [3.05, 3.63) is 16.6 Å². The van der Waals surface area contributed by atoms with E-state index in [1.165, 1.54) is 18.3 Å². The summed E-state index contributed by atoms with van der Waals surface area (Å²) in [7, 11) is 0. The van der Waals surface area contributed by atoms with E-state index in [0.717, 1.165) is 0 Å². The molecule has 0 aliphatic rings. The third-order valence-corrected chi connectivity index (χ3v) is 1.70. The van der Waals surface area contributed by atoms with Gasteiger partial charge in [0.2, 0.25) is 0 Å². The van der Waals surface area contributed by atoms with Crippen LogP contribution in [0.15, 0.2) is 10.9 Å². The Kier molecular flexibility index (Phi) is 2.93. The molecule has 0 atom stereocenters. The molecule has 0 aliphatic carbocycles. The highest BCUT2D eigenvalue weighted by atomic mass is 32.1. The molecule has 1 rings (SSSR count). The van der Waals surface area contributed by atoms with Gasteiger partial charge in [0.05, 0.1) is 17.6 Å². The van der Waals surface area contributed by atoms with E-state index in [9.17, 15) is 9.59 Å². The van der Waals surface area contributed by atoms with Gasteiger partial charge in [-0.1, -0.05) is 0 Å². The van der Waals surface area contributed by atoms with E-state index in [2.05, 4.69) is 9.72 Å². The van der Waals surface area contributed by atoms with Gasteiger partial charge in [-0.05, 0) is 0 Å². The van der Waals surface area contributed by atoms with Gasteiger partial charge < -0.3 is 4.74 Å². The molecule has 0 spiro atoms.